The molecule has 1 aromatic carbocycles. The molecule has 1 heterocycles. The summed E-state index contributed by atoms with van der Waals surface area (Å²) in [7, 11) is 0. The Morgan fingerprint density at radius 2 is 2.26 bits per heavy atom. The van der Waals surface area contributed by atoms with Crippen LogP contribution in [0.15, 0.2) is 40.2 Å². The molecule has 6 heteroatoms. The van der Waals surface area contributed by atoms with Crippen molar-refractivity contribution in [1.82, 2.24) is 4.90 Å². The van der Waals surface area contributed by atoms with E-state index in [1.807, 2.05) is 0 Å². The van der Waals surface area contributed by atoms with Gasteiger partial charge in [-0.1, -0.05) is 46.0 Å². The van der Waals surface area contributed by atoms with Crippen LogP contribution in [0.5, 0.6) is 5.75 Å². The summed E-state index contributed by atoms with van der Waals surface area (Å²) < 4.78 is 1.34. The number of amides is 1. The molecule has 1 aliphatic heterocycles. The molecule has 0 bridgehead atoms. The lowest BCUT2D eigenvalue weighted by Gasteiger charge is -2.10. The van der Waals surface area contributed by atoms with Crippen LogP contribution < -0.4 is 0 Å². The molecule has 0 radical (unpaired) electrons. The molecule has 3 nitrogen and oxygen atoms in total. The second-order valence-corrected chi connectivity index (χ2v) is 6.38. The van der Waals surface area contributed by atoms with Gasteiger partial charge in [0.05, 0.1) is 4.91 Å². The van der Waals surface area contributed by atoms with Gasteiger partial charge in [-0.05, 0) is 24.3 Å². The van der Waals surface area contributed by atoms with Crippen LogP contribution in [0.1, 0.15) is 5.56 Å². The number of rotatable bonds is 3. The van der Waals surface area contributed by atoms with E-state index in [-0.39, 0.29) is 11.7 Å². The fourth-order valence-corrected chi connectivity index (χ4v) is 3.21. The number of hydrogen-bond acceptors (Lipinski definition) is 4. The van der Waals surface area contributed by atoms with Crippen molar-refractivity contribution in [1.29, 1.82) is 0 Å². The van der Waals surface area contributed by atoms with Crippen LogP contribution in [-0.4, -0.2) is 26.8 Å². The fraction of sp³-hybridized carbons (Fsp3) is 0.0769. The second-order valence-electron chi connectivity index (χ2n) is 3.78. The number of carbonyl (C=O) groups excluding carboxylic acids is 1. The number of benzene rings is 1. The highest BCUT2D eigenvalue weighted by Crippen LogP contribution is 2.34. The van der Waals surface area contributed by atoms with Gasteiger partial charge in [-0.25, -0.2) is 0 Å². The van der Waals surface area contributed by atoms with Gasteiger partial charge < -0.3 is 5.11 Å². The smallest absolute Gasteiger partial charge is 0.266 e. The first kappa shape index (κ1) is 14.3. The van der Waals surface area contributed by atoms with E-state index in [1.54, 1.807) is 30.4 Å². The Morgan fingerprint density at radius 3 is 2.95 bits per heavy atom. The summed E-state index contributed by atoms with van der Waals surface area (Å²) in [5.41, 5.74) is 0.577. The third kappa shape index (κ3) is 3.08. The third-order valence-electron chi connectivity index (χ3n) is 2.46. The Hall–Kier alpha value is -1.11. The minimum atomic E-state index is -0.158. The molecule has 0 aliphatic carbocycles. The molecule has 1 N–H and O–H groups in total. The van der Waals surface area contributed by atoms with Crippen molar-refractivity contribution in [3.05, 3.63) is 45.8 Å². The number of hydrogen-bond donors (Lipinski definition) is 1. The van der Waals surface area contributed by atoms with Crippen LogP contribution in [0, 0.1) is 0 Å². The van der Waals surface area contributed by atoms with Gasteiger partial charge in [-0.2, -0.15) is 0 Å². The van der Waals surface area contributed by atoms with Gasteiger partial charge in [-0.3, -0.25) is 9.69 Å². The highest BCUT2D eigenvalue weighted by atomic mass is 79.9. The minimum Gasteiger partial charge on any atom is -0.507 e. The number of aromatic hydroxyl groups is 1. The Labute approximate surface area is 129 Å². The topological polar surface area (TPSA) is 40.5 Å². The Kier molecular flexibility index (Phi) is 4.44. The zero-order valence-corrected chi connectivity index (χ0v) is 13.0. The van der Waals surface area contributed by atoms with E-state index in [4.69, 9.17) is 12.2 Å². The lowest BCUT2D eigenvalue weighted by Crippen LogP contribution is -2.27. The van der Waals surface area contributed by atoms with Gasteiger partial charge in [0.15, 0.2) is 0 Å². The lowest BCUT2D eigenvalue weighted by molar-refractivity contribution is -0.121. The predicted molar refractivity (Wildman–Crippen MR) is 85.9 cm³/mol. The van der Waals surface area contributed by atoms with Crippen molar-refractivity contribution in [3.8, 4) is 5.75 Å². The normalized spacial score (nSPS) is 17.3. The van der Waals surface area contributed by atoms with Crippen molar-refractivity contribution in [3.63, 3.8) is 0 Å². The summed E-state index contributed by atoms with van der Waals surface area (Å²) >= 11 is 9.70. The standard InChI is InChI=1S/C13H10BrNO2S2/c1-2-5-15-12(17)11(19-13(15)18)7-8-6-9(14)3-4-10(8)16/h2-4,6-7,16H,1,5H2/b11-7-. The summed E-state index contributed by atoms with van der Waals surface area (Å²) in [5, 5.41) is 9.77. The highest BCUT2D eigenvalue weighted by Gasteiger charge is 2.31. The van der Waals surface area contributed by atoms with Crippen LogP contribution >= 0.6 is 39.9 Å². The fourth-order valence-electron chi connectivity index (χ4n) is 1.57. The lowest BCUT2D eigenvalue weighted by atomic mass is 10.2. The van der Waals surface area contributed by atoms with Crippen LogP contribution in [0.25, 0.3) is 6.08 Å². The molecule has 0 aromatic heterocycles. The maximum atomic E-state index is 12.1. The molecule has 1 aliphatic rings. The molecule has 1 fully saturated rings. The van der Waals surface area contributed by atoms with Crippen LogP contribution in [-0.2, 0) is 4.79 Å². The van der Waals surface area contributed by atoms with E-state index in [0.29, 0.717) is 21.3 Å². The van der Waals surface area contributed by atoms with E-state index in [9.17, 15) is 9.90 Å². The number of phenols is 1. The van der Waals surface area contributed by atoms with E-state index >= 15 is 0 Å². The van der Waals surface area contributed by atoms with Gasteiger partial charge in [0.2, 0.25) is 0 Å². The van der Waals surface area contributed by atoms with E-state index < -0.39 is 0 Å². The maximum Gasteiger partial charge on any atom is 0.266 e. The van der Waals surface area contributed by atoms with Crippen molar-refractivity contribution < 1.29 is 9.90 Å². The second kappa shape index (κ2) is 5.90. The summed E-state index contributed by atoms with van der Waals surface area (Å²) in [6, 6.07) is 5.05. The Morgan fingerprint density at radius 1 is 1.53 bits per heavy atom. The molecule has 1 aromatic rings. The Bertz CT molecular complexity index is 598. The van der Waals surface area contributed by atoms with Gasteiger partial charge in [-0.15, -0.1) is 6.58 Å². The summed E-state index contributed by atoms with van der Waals surface area (Å²) in [4.78, 5) is 14.1. The first-order chi connectivity index (χ1) is 9.02. The summed E-state index contributed by atoms with van der Waals surface area (Å²) in [6.45, 7) is 3.99. The molecule has 0 unspecified atom stereocenters. The van der Waals surface area contributed by atoms with Crippen molar-refractivity contribution in [2.45, 2.75) is 0 Å². The average molecular weight is 356 g/mol. The number of phenolic OH excluding ortho intramolecular Hbond substituents is 1. The van der Waals surface area contributed by atoms with Crippen molar-refractivity contribution in [2.24, 2.45) is 0 Å². The number of thiocarbonyl (C=S) groups is 1. The van der Waals surface area contributed by atoms with Crippen molar-refractivity contribution in [2.75, 3.05) is 6.54 Å². The van der Waals surface area contributed by atoms with E-state index in [2.05, 4.69) is 22.5 Å². The number of nitrogens with zero attached hydrogens (tertiary/aromatic N) is 1. The molecule has 1 saturated heterocycles. The van der Waals surface area contributed by atoms with Crippen molar-refractivity contribution >= 4 is 56.2 Å². The zero-order valence-electron chi connectivity index (χ0n) is 9.80. The molecule has 98 valence electrons. The van der Waals surface area contributed by atoms with E-state index in [0.717, 1.165) is 4.47 Å². The highest BCUT2D eigenvalue weighted by molar-refractivity contribution is 9.10. The Balaban J connectivity index is 2.34. The minimum absolute atomic E-state index is 0.122. The molecule has 2 rings (SSSR count). The van der Waals surface area contributed by atoms with E-state index in [1.165, 1.54) is 16.7 Å². The molecule has 0 atom stereocenters. The summed E-state index contributed by atoms with van der Waals surface area (Å²) in [5.74, 6) is -0.0357. The molecule has 0 spiro atoms. The number of thioether (sulfide) groups is 1. The number of carbonyl (C=O) groups is 1. The average Bonchev–Trinajstić information content (AvgIpc) is 2.62. The quantitative estimate of drug-likeness (QED) is 0.511. The summed E-state index contributed by atoms with van der Waals surface area (Å²) in [6.07, 6.45) is 3.27. The molecule has 1 amide bonds. The van der Waals surface area contributed by atoms with Crippen LogP contribution in [0.2, 0.25) is 0 Å². The third-order valence-corrected chi connectivity index (χ3v) is 4.33. The predicted octanol–water partition coefficient (Wildman–Crippen LogP) is 3.54. The van der Waals surface area contributed by atoms with Crippen LogP contribution in [0.4, 0.5) is 0 Å². The first-order valence-corrected chi connectivity index (χ1v) is 7.39. The molecular weight excluding hydrogens is 346 g/mol. The van der Waals surface area contributed by atoms with Gasteiger partial charge >= 0.3 is 0 Å². The molecular formula is C13H10BrNO2S2. The van der Waals surface area contributed by atoms with Crippen LogP contribution in [0.3, 0.4) is 0 Å². The van der Waals surface area contributed by atoms with Gasteiger partial charge in [0.25, 0.3) is 5.91 Å². The first-order valence-electron chi connectivity index (χ1n) is 5.37. The SMILES string of the molecule is C=CCN1C(=O)/C(=C/c2cc(Br)ccc2O)SC1=S. The number of halogens is 1. The largest absolute Gasteiger partial charge is 0.507 e. The maximum absolute atomic E-state index is 12.1. The zero-order chi connectivity index (χ0) is 14.0. The molecule has 0 saturated carbocycles. The molecule has 19 heavy (non-hydrogen) atoms. The van der Waals surface area contributed by atoms with Gasteiger partial charge in [0.1, 0.15) is 10.1 Å². The van der Waals surface area contributed by atoms with Gasteiger partial charge in [0, 0.05) is 16.6 Å². The monoisotopic (exact) mass is 355 g/mol.